The fourth-order valence-electron chi connectivity index (χ4n) is 2.96. The number of H-pyrrole nitrogens is 1. The summed E-state index contributed by atoms with van der Waals surface area (Å²) in [7, 11) is 0. The minimum Gasteiger partial charge on any atom is -0.493 e. The summed E-state index contributed by atoms with van der Waals surface area (Å²) >= 11 is 0. The van der Waals surface area contributed by atoms with Crippen molar-refractivity contribution in [2.45, 2.75) is 33.1 Å². The topological polar surface area (TPSA) is 97.0 Å². The van der Waals surface area contributed by atoms with Crippen molar-refractivity contribution >= 4 is 5.91 Å². The van der Waals surface area contributed by atoms with Crippen molar-refractivity contribution in [1.29, 1.82) is 0 Å². The smallest absolute Gasteiger partial charge is 0.273 e. The van der Waals surface area contributed by atoms with E-state index in [2.05, 4.69) is 34.3 Å². The van der Waals surface area contributed by atoms with Gasteiger partial charge < -0.3 is 15.0 Å². The number of benzene rings is 2. The van der Waals surface area contributed by atoms with Gasteiger partial charge in [-0.05, 0) is 30.0 Å². The van der Waals surface area contributed by atoms with Crippen LogP contribution in [0.1, 0.15) is 31.5 Å². The Balaban J connectivity index is 1.53. The van der Waals surface area contributed by atoms with Crippen molar-refractivity contribution in [1.82, 2.24) is 20.5 Å². The first-order valence-corrected chi connectivity index (χ1v) is 10.5. The number of carbonyl (C=O) groups excluding carboxylic acids is 1. The van der Waals surface area contributed by atoms with Crippen LogP contribution in [0.25, 0.3) is 11.4 Å². The number of hydrogen-bond donors (Lipinski definition) is 2. The Morgan fingerprint density at radius 1 is 1.06 bits per heavy atom. The zero-order chi connectivity index (χ0) is 22.1. The molecular formula is C24H28N4O3. The molecule has 0 aliphatic heterocycles. The maximum atomic E-state index is 12.4. The molecule has 162 valence electrons. The SMILES string of the molecule is CC(C)COc1cccc(-c2nnc(CCC(=O)NCCc3ccccc3)c(=O)[nH]2)c1. The number of hydrogen-bond acceptors (Lipinski definition) is 5. The first kappa shape index (κ1) is 22.2. The van der Waals surface area contributed by atoms with Crippen LogP contribution in [0.2, 0.25) is 0 Å². The molecule has 1 aromatic heterocycles. The number of nitrogens with one attached hydrogen (secondary N) is 2. The number of nitrogens with zero attached hydrogens (tertiary/aromatic N) is 2. The molecule has 1 amide bonds. The summed E-state index contributed by atoms with van der Waals surface area (Å²) < 4.78 is 5.72. The standard InChI is InChI=1S/C24H28N4O3/c1-17(2)16-31-20-10-6-9-19(15-20)23-26-24(30)21(27-28-23)11-12-22(29)25-14-13-18-7-4-3-5-8-18/h3-10,15,17H,11-14,16H2,1-2H3,(H,25,29)(H,26,28,30). The molecule has 3 rings (SSSR count). The van der Waals surface area contributed by atoms with E-state index in [1.54, 1.807) is 0 Å². The van der Waals surface area contributed by atoms with Crippen LogP contribution in [0.3, 0.4) is 0 Å². The van der Waals surface area contributed by atoms with Gasteiger partial charge in [0.2, 0.25) is 5.91 Å². The number of aromatic nitrogens is 3. The zero-order valence-corrected chi connectivity index (χ0v) is 17.9. The summed E-state index contributed by atoms with van der Waals surface area (Å²) in [5.74, 6) is 1.38. The molecule has 3 aromatic rings. The van der Waals surface area contributed by atoms with Gasteiger partial charge >= 0.3 is 0 Å². The van der Waals surface area contributed by atoms with Crippen LogP contribution in [0.4, 0.5) is 0 Å². The van der Waals surface area contributed by atoms with Crippen LogP contribution in [0.15, 0.2) is 59.4 Å². The monoisotopic (exact) mass is 420 g/mol. The van der Waals surface area contributed by atoms with Crippen molar-refractivity contribution in [3.05, 3.63) is 76.2 Å². The van der Waals surface area contributed by atoms with E-state index in [9.17, 15) is 9.59 Å². The Hall–Kier alpha value is -3.48. The molecule has 2 N–H and O–H groups in total. The third-order valence-corrected chi connectivity index (χ3v) is 4.62. The maximum Gasteiger partial charge on any atom is 0.273 e. The first-order chi connectivity index (χ1) is 15.0. The quantitative estimate of drug-likeness (QED) is 0.525. The fourth-order valence-corrected chi connectivity index (χ4v) is 2.96. The van der Waals surface area contributed by atoms with Crippen molar-refractivity contribution in [2.24, 2.45) is 5.92 Å². The number of amides is 1. The molecular weight excluding hydrogens is 392 g/mol. The molecule has 0 aliphatic carbocycles. The second kappa shape index (κ2) is 11.1. The zero-order valence-electron chi connectivity index (χ0n) is 17.9. The summed E-state index contributed by atoms with van der Waals surface area (Å²) in [4.78, 5) is 27.2. The number of rotatable bonds is 10. The largest absolute Gasteiger partial charge is 0.493 e. The van der Waals surface area contributed by atoms with Gasteiger partial charge in [0.05, 0.1) is 6.61 Å². The maximum absolute atomic E-state index is 12.4. The predicted octanol–water partition coefficient (Wildman–Crippen LogP) is 3.16. The molecule has 7 nitrogen and oxygen atoms in total. The van der Waals surface area contributed by atoms with Gasteiger partial charge in [-0.25, -0.2) is 0 Å². The average molecular weight is 421 g/mol. The molecule has 0 spiro atoms. The van der Waals surface area contributed by atoms with E-state index in [0.717, 1.165) is 12.0 Å². The molecule has 0 fully saturated rings. The molecule has 0 unspecified atom stereocenters. The van der Waals surface area contributed by atoms with Gasteiger partial charge in [0.1, 0.15) is 11.4 Å². The van der Waals surface area contributed by atoms with E-state index in [1.807, 2.05) is 54.6 Å². The Kier molecular flexibility index (Phi) is 7.92. The summed E-state index contributed by atoms with van der Waals surface area (Å²) in [6.45, 7) is 5.32. The van der Waals surface area contributed by atoms with Gasteiger partial charge in [0.15, 0.2) is 5.82 Å². The minimum absolute atomic E-state index is 0.115. The highest BCUT2D eigenvalue weighted by molar-refractivity contribution is 5.76. The van der Waals surface area contributed by atoms with E-state index in [0.29, 0.717) is 30.6 Å². The van der Waals surface area contributed by atoms with Crippen molar-refractivity contribution in [3.8, 4) is 17.1 Å². The number of ether oxygens (including phenoxy) is 1. The lowest BCUT2D eigenvalue weighted by molar-refractivity contribution is -0.121. The Bertz CT molecular complexity index is 1050. The molecule has 31 heavy (non-hydrogen) atoms. The van der Waals surface area contributed by atoms with Gasteiger partial charge in [0.25, 0.3) is 5.56 Å². The molecule has 0 bridgehead atoms. The lowest BCUT2D eigenvalue weighted by Crippen LogP contribution is -2.27. The second-order valence-corrected chi connectivity index (χ2v) is 7.77. The molecule has 0 saturated carbocycles. The second-order valence-electron chi connectivity index (χ2n) is 7.77. The normalized spacial score (nSPS) is 10.8. The summed E-state index contributed by atoms with van der Waals surface area (Å²) in [5, 5.41) is 11.0. The lowest BCUT2D eigenvalue weighted by atomic mass is 10.1. The summed E-state index contributed by atoms with van der Waals surface area (Å²) in [6.07, 6.45) is 1.18. The number of carbonyl (C=O) groups is 1. The van der Waals surface area contributed by atoms with E-state index in [1.165, 1.54) is 5.56 Å². The Labute approximate surface area is 181 Å². The van der Waals surface area contributed by atoms with Gasteiger partial charge in [-0.2, -0.15) is 0 Å². The molecule has 0 radical (unpaired) electrons. The van der Waals surface area contributed by atoms with Crippen LogP contribution in [0, 0.1) is 5.92 Å². The van der Waals surface area contributed by atoms with Crippen LogP contribution in [-0.4, -0.2) is 34.2 Å². The number of aromatic amines is 1. The Morgan fingerprint density at radius 2 is 1.87 bits per heavy atom. The highest BCUT2D eigenvalue weighted by atomic mass is 16.5. The highest BCUT2D eigenvalue weighted by Crippen LogP contribution is 2.20. The van der Waals surface area contributed by atoms with Crippen molar-refractivity contribution < 1.29 is 9.53 Å². The van der Waals surface area contributed by atoms with E-state index < -0.39 is 0 Å². The van der Waals surface area contributed by atoms with Crippen LogP contribution < -0.4 is 15.6 Å². The molecule has 2 aromatic carbocycles. The average Bonchev–Trinajstić information content (AvgIpc) is 2.78. The van der Waals surface area contributed by atoms with E-state index in [4.69, 9.17) is 4.74 Å². The van der Waals surface area contributed by atoms with E-state index in [-0.39, 0.29) is 30.0 Å². The molecule has 1 heterocycles. The summed E-state index contributed by atoms with van der Waals surface area (Å²) in [5.41, 5.74) is 1.79. The molecule has 0 aliphatic rings. The van der Waals surface area contributed by atoms with Crippen LogP contribution in [0.5, 0.6) is 5.75 Å². The molecule has 0 atom stereocenters. The van der Waals surface area contributed by atoms with Crippen LogP contribution in [-0.2, 0) is 17.6 Å². The Morgan fingerprint density at radius 3 is 2.61 bits per heavy atom. The van der Waals surface area contributed by atoms with Crippen LogP contribution >= 0.6 is 0 Å². The van der Waals surface area contributed by atoms with Gasteiger partial charge in [-0.3, -0.25) is 9.59 Å². The van der Waals surface area contributed by atoms with Crippen molar-refractivity contribution in [3.63, 3.8) is 0 Å². The van der Waals surface area contributed by atoms with E-state index >= 15 is 0 Å². The molecule has 0 saturated heterocycles. The van der Waals surface area contributed by atoms with Crippen molar-refractivity contribution in [2.75, 3.05) is 13.2 Å². The lowest BCUT2D eigenvalue weighted by Gasteiger charge is -2.09. The number of aryl methyl sites for hydroxylation is 1. The third kappa shape index (κ3) is 7.06. The predicted molar refractivity (Wildman–Crippen MR) is 120 cm³/mol. The minimum atomic E-state index is -0.337. The molecule has 7 heteroatoms. The fraction of sp³-hybridized carbons (Fsp3) is 0.333. The van der Waals surface area contributed by atoms with Gasteiger partial charge in [-0.15, -0.1) is 10.2 Å². The van der Waals surface area contributed by atoms with Gasteiger partial charge in [-0.1, -0.05) is 56.3 Å². The first-order valence-electron chi connectivity index (χ1n) is 10.5. The summed E-state index contributed by atoms with van der Waals surface area (Å²) in [6, 6.07) is 17.3. The highest BCUT2D eigenvalue weighted by Gasteiger charge is 2.10. The third-order valence-electron chi connectivity index (χ3n) is 4.62. The van der Waals surface area contributed by atoms with Gasteiger partial charge in [0, 0.05) is 24.9 Å².